The number of piperidine rings is 2. The highest BCUT2D eigenvalue weighted by atomic mass is 32.2. The number of nitrogens with zero attached hydrogens (tertiary/aromatic N) is 2. The van der Waals surface area contributed by atoms with Gasteiger partial charge in [-0.05, 0) is 74.6 Å². The SMILES string of the molecule is O=C(Nc1cc(F)ccc1N1CCCCC1)C1CCCN(S(=O)(=O)c2ccc(F)cc2)C1. The summed E-state index contributed by atoms with van der Waals surface area (Å²) in [6.45, 7) is 2.02. The first-order valence-electron chi connectivity index (χ1n) is 11.0. The van der Waals surface area contributed by atoms with Crippen molar-refractivity contribution in [2.24, 2.45) is 5.92 Å². The van der Waals surface area contributed by atoms with Crippen LogP contribution in [-0.4, -0.2) is 44.8 Å². The highest BCUT2D eigenvalue weighted by Crippen LogP contribution is 2.31. The number of carbonyl (C=O) groups excluding carboxylic acids is 1. The van der Waals surface area contributed by atoms with Gasteiger partial charge in [-0.25, -0.2) is 17.2 Å². The minimum atomic E-state index is -3.83. The Labute approximate surface area is 187 Å². The summed E-state index contributed by atoms with van der Waals surface area (Å²) >= 11 is 0. The fourth-order valence-electron chi connectivity index (χ4n) is 4.38. The van der Waals surface area contributed by atoms with Gasteiger partial charge < -0.3 is 10.2 Å². The fraction of sp³-hybridized carbons (Fsp3) is 0.435. The number of benzene rings is 2. The van der Waals surface area contributed by atoms with Gasteiger partial charge in [-0.2, -0.15) is 4.31 Å². The summed E-state index contributed by atoms with van der Waals surface area (Å²) in [7, 11) is -3.83. The molecule has 2 aliphatic rings. The van der Waals surface area contributed by atoms with E-state index in [2.05, 4.69) is 10.2 Å². The molecule has 2 aromatic rings. The van der Waals surface area contributed by atoms with Crippen LogP contribution in [0.5, 0.6) is 0 Å². The third-order valence-corrected chi connectivity index (χ3v) is 8.00. The van der Waals surface area contributed by atoms with Gasteiger partial charge in [-0.15, -0.1) is 0 Å². The van der Waals surface area contributed by atoms with Crippen LogP contribution in [0.4, 0.5) is 20.2 Å². The number of hydrogen-bond acceptors (Lipinski definition) is 4. The second kappa shape index (κ2) is 9.54. The van der Waals surface area contributed by atoms with Crippen molar-refractivity contribution in [1.82, 2.24) is 4.31 Å². The Morgan fingerprint density at radius 3 is 2.31 bits per heavy atom. The minimum absolute atomic E-state index is 0.00234. The first kappa shape index (κ1) is 22.7. The van der Waals surface area contributed by atoms with Crippen LogP contribution < -0.4 is 10.2 Å². The molecule has 2 fully saturated rings. The van der Waals surface area contributed by atoms with E-state index in [-0.39, 0.29) is 17.3 Å². The molecule has 4 rings (SSSR count). The van der Waals surface area contributed by atoms with Gasteiger partial charge in [0.05, 0.1) is 22.2 Å². The van der Waals surface area contributed by atoms with Crippen molar-refractivity contribution in [3.8, 4) is 0 Å². The number of sulfonamides is 1. The molecule has 1 amide bonds. The lowest BCUT2D eigenvalue weighted by molar-refractivity contribution is -0.120. The molecule has 6 nitrogen and oxygen atoms in total. The first-order chi connectivity index (χ1) is 15.3. The molecule has 0 saturated carbocycles. The molecule has 2 aromatic carbocycles. The zero-order valence-corrected chi connectivity index (χ0v) is 18.6. The third-order valence-electron chi connectivity index (χ3n) is 6.12. The minimum Gasteiger partial charge on any atom is -0.370 e. The lowest BCUT2D eigenvalue weighted by Crippen LogP contribution is -2.43. The molecule has 2 aliphatic heterocycles. The Hall–Kier alpha value is -2.52. The second-order valence-corrected chi connectivity index (χ2v) is 10.3. The molecular formula is C23H27F2N3O3S. The highest BCUT2D eigenvalue weighted by Gasteiger charge is 2.33. The van der Waals surface area contributed by atoms with E-state index in [4.69, 9.17) is 0 Å². The quantitative estimate of drug-likeness (QED) is 0.728. The molecule has 1 N–H and O–H groups in total. The number of amides is 1. The van der Waals surface area contributed by atoms with Crippen molar-refractivity contribution in [2.45, 2.75) is 37.0 Å². The normalized spacial score (nSPS) is 20.2. The summed E-state index contributed by atoms with van der Waals surface area (Å²) in [5.41, 5.74) is 1.20. The summed E-state index contributed by atoms with van der Waals surface area (Å²) in [5, 5.41) is 2.85. The van der Waals surface area contributed by atoms with Gasteiger partial charge >= 0.3 is 0 Å². The van der Waals surface area contributed by atoms with Crippen molar-refractivity contribution < 1.29 is 22.0 Å². The Kier molecular flexibility index (Phi) is 6.76. The zero-order chi connectivity index (χ0) is 22.7. The smallest absolute Gasteiger partial charge is 0.243 e. The van der Waals surface area contributed by atoms with E-state index in [9.17, 15) is 22.0 Å². The van der Waals surface area contributed by atoms with Gasteiger partial charge in [-0.3, -0.25) is 4.79 Å². The number of hydrogen-bond donors (Lipinski definition) is 1. The molecule has 0 aliphatic carbocycles. The molecule has 9 heteroatoms. The second-order valence-electron chi connectivity index (χ2n) is 8.35. The lowest BCUT2D eigenvalue weighted by atomic mass is 9.98. The Morgan fingerprint density at radius 1 is 0.906 bits per heavy atom. The molecule has 2 heterocycles. The van der Waals surface area contributed by atoms with E-state index in [1.54, 1.807) is 6.07 Å². The molecule has 1 unspecified atom stereocenters. The monoisotopic (exact) mass is 463 g/mol. The number of rotatable bonds is 5. The van der Waals surface area contributed by atoms with Gasteiger partial charge in [0, 0.05) is 26.2 Å². The van der Waals surface area contributed by atoms with E-state index >= 15 is 0 Å². The van der Waals surface area contributed by atoms with Crippen LogP contribution in [0.25, 0.3) is 0 Å². The predicted molar refractivity (Wildman–Crippen MR) is 119 cm³/mol. The van der Waals surface area contributed by atoms with E-state index in [0.717, 1.165) is 50.2 Å². The van der Waals surface area contributed by atoms with Gasteiger partial charge in [0.2, 0.25) is 15.9 Å². The van der Waals surface area contributed by atoms with Crippen LogP contribution in [0.3, 0.4) is 0 Å². The predicted octanol–water partition coefficient (Wildman–Crippen LogP) is 3.99. The topological polar surface area (TPSA) is 69.7 Å². The van der Waals surface area contributed by atoms with Crippen molar-refractivity contribution in [3.05, 3.63) is 54.1 Å². The molecular weight excluding hydrogens is 436 g/mol. The van der Waals surface area contributed by atoms with Gasteiger partial charge in [0.1, 0.15) is 11.6 Å². The summed E-state index contributed by atoms with van der Waals surface area (Å²) in [6, 6.07) is 9.05. The maximum absolute atomic E-state index is 14.0. The van der Waals surface area contributed by atoms with Crippen LogP contribution in [0.2, 0.25) is 0 Å². The van der Waals surface area contributed by atoms with Crippen LogP contribution in [0.1, 0.15) is 32.1 Å². The number of nitrogens with one attached hydrogen (secondary N) is 1. The molecule has 32 heavy (non-hydrogen) atoms. The standard InChI is InChI=1S/C23H27F2N3O3S/c24-18-6-9-20(10-7-18)32(30,31)28-14-4-5-17(16-28)23(29)26-21-15-19(25)8-11-22(21)27-12-2-1-3-13-27/h6-11,15,17H,1-5,12-14,16H2,(H,26,29). The summed E-state index contributed by atoms with van der Waals surface area (Å²) in [4.78, 5) is 15.2. The van der Waals surface area contributed by atoms with E-state index in [1.165, 1.54) is 28.6 Å². The van der Waals surface area contributed by atoms with E-state index in [0.29, 0.717) is 25.1 Å². The zero-order valence-electron chi connectivity index (χ0n) is 17.8. The Balaban J connectivity index is 1.49. The molecule has 0 spiro atoms. The fourth-order valence-corrected chi connectivity index (χ4v) is 5.91. The van der Waals surface area contributed by atoms with E-state index in [1.807, 2.05) is 0 Å². The molecule has 0 aromatic heterocycles. The maximum Gasteiger partial charge on any atom is 0.243 e. The third kappa shape index (κ3) is 4.94. The number of anilines is 2. The van der Waals surface area contributed by atoms with Crippen LogP contribution in [-0.2, 0) is 14.8 Å². The average molecular weight is 464 g/mol. The molecule has 2 saturated heterocycles. The van der Waals surface area contributed by atoms with Crippen molar-refractivity contribution in [3.63, 3.8) is 0 Å². The first-order valence-corrected chi connectivity index (χ1v) is 12.4. The van der Waals surface area contributed by atoms with Crippen molar-refractivity contribution in [1.29, 1.82) is 0 Å². The molecule has 1 atom stereocenters. The van der Waals surface area contributed by atoms with Gasteiger partial charge in [-0.1, -0.05) is 0 Å². The van der Waals surface area contributed by atoms with Crippen LogP contribution >= 0.6 is 0 Å². The molecule has 172 valence electrons. The van der Waals surface area contributed by atoms with Gasteiger partial charge in [0.15, 0.2) is 0 Å². The molecule has 0 radical (unpaired) electrons. The number of carbonyl (C=O) groups is 1. The Bertz CT molecular complexity index is 1070. The maximum atomic E-state index is 14.0. The average Bonchev–Trinajstić information content (AvgIpc) is 2.80. The summed E-state index contributed by atoms with van der Waals surface area (Å²) in [5.74, 6) is -1.84. The summed E-state index contributed by atoms with van der Waals surface area (Å²) < 4.78 is 54.3. The van der Waals surface area contributed by atoms with Crippen LogP contribution in [0, 0.1) is 17.6 Å². The van der Waals surface area contributed by atoms with Gasteiger partial charge in [0.25, 0.3) is 0 Å². The highest BCUT2D eigenvalue weighted by molar-refractivity contribution is 7.89. The number of halogens is 2. The van der Waals surface area contributed by atoms with Crippen molar-refractivity contribution in [2.75, 3.05) is 36.4 Å². The van der Waals surface area contributed by atoms with E-state index < -0.39 is 27.6 Å². The van der Waals surface area contributed by atoms with Crippen LogP contribution in [0.15, 0.2) is 47.4 Å². The Morgan fingerprint density at radius 2 is 1.59 bits per heavy atom. The largest absolute Gasteiger partial charge is 0.370 e. The lowest BCUT2D eigenvalue weighted by Gasteiger charge is -2.33. The van der Waals surface area contributed by atoms with Crippen molar-refractivity contribution >= 4 is 27.3 Å². The molecule has 0 bridgehead atoms. The summed E-state index contributed by atoms with van der Waals surface area (Å²) in [6.07, 6.45) is 4.31.